The van der Waals surface area contributed by atoms with E-state index in [9.17, 15) is 0 Å². The first-order chi connectivity index (χ1) is 17.1. The molecule has 1 unspecified atom stereocenters. The maximum Gasteiger partial charge on any atom is 0.0411 e. The third-order valence-electron chi connectivity index (χ3n) is 5.31. The molecule has 0 amide bonds. The van der Waals surface area contributed by atoms with E-state index >= 15 is 0 Å². The Hall–Kier alpha value is -0.580. The van der Waals surface area contributed by atoms with Crippen molar-refractivity contribution in [1.29, 1.82) is 0 Å². The lowest BCUT2D eigenvalue weighted by molar-refractivity contribution is 0.645. The molecule has 1 aromatic rings. The molecule has 1 saturated carbocycles. The van der Waals surface area contributed by atoms with Gasteiger partial charge in [-0.3, -0.25) is 4.72 Å². The van der Waals surface area contributed by atoms with Gasteiger partial charge < -0.3 is 5.32 Å². The molecule has 36 heavy (non-hydrogen) atoms. The summed E-state index contributed by atoms with van der Waals surface area (Å²) < 4.78 is 3.48. The van der Waals surface area contributed by atoms with E-state index in [1.54, 1.807) is 16.5 Å². The molecule has 0 heterocycles. The summed E-state index contributed by atoms with van der Waals surface area (Å²) in [6.07, 6.45) is 5.07. The van der Waals surface area contributed by atoms with Crippen LogP contribution in [0.25, 0.3) is 0 Å². The van der Waals surface area contributed by atoms with Crippen LogP contribution in [0, 0.1) is 12.8 Å². The fraction of sp³-hybridized carbons (Fsp3) is 0.750. The first-order valence-corrected chi connectivity index (χ1v) is 16.9. The summed E-state index contributed by atoms with van der Waals surface area (Å²) in [5.41, 5.74) is 7.10. The average Bonchev–Trinajstić information content (AvgIpc) is 3.70. The van der Waals surface area contributed by atoms with Crippen LogP contribution in [0.5, 0.6) is 0 Å². The average molecular weight is 541 g/mol. The van der Waals surface area contributed by atoms with Crippen LogP contribution in [0.2, 0.25) is 0 Å². The molecule has 2 nitrogen and oxygen atoms in total. The number of nitrogens with one attached hydrogen (secondary N) is 2. The molecule has 1 aromatic carbocycles. The maximum absolute atomic E-state index is 3.74. The molecule has 1 atom stereocenters. The number of aryl methyl sites for hydroxylation is 1. The second-order valence-electron chi connectivity index (χ2n) is 9.71. The highest BCUT2D eigenvalue weighted by Crippen LogP contribution is 2.46. The van der Waals surface area contributed by atoms with Crippen molar-refractivity contribution in [2.75, 3.05) is 18.4 Å². The van der Waals surface area contributed by atoms with E-state index in [4.69, 9.17) is 0 Å². The zero-order chi connectivity index (χ0) is 28.7. The second kappa shape index (κ2) is 26.0. The van der Waals surface area contributed by atoms with E-state index in [0.717, 1.165) is 31.3 Å². The van der Waals surface area contributed by atoms with Crippen LogP contribution in [0.3, 0.4) is 0 Å². The van der Waals surface area contributed by atoms with Gasteiger partial charge in [0.05, 0.1) is 0 Å². The molecule has 0 spiro atoms. The van der Waals surface area contributed by atoms with Gasteiger partial charge in [0.15, 0.2) is 0 Å². The lowest BCUT2D eigenvalue weighted by Gasteiger charge is -2.20. The number of hydrogen-bond donors (Lipinski definition) is 2. The zero-order valence-electron chi connectivity index (χ0n) is 26.7. The van der Waals surface area contributed by atoms with Crippen LogP contribution >= 0.6 is 21.8 Å². The lowest BCUT2D eigenvalue weighted by atomic mass is 9.93. The Labute approximate surface area is 236 Å². The Bertz CT molecular complexity index is 614. The molecule has 0 radical (unpaired) electrons. The summed E-state index contributed by atoms with van der Waals surface area (Å²) >= 11 is 0. The Morgan fingerprint density at radius 2 is 1.47 bits per heavy atom. The normalized spacial score (nSPS) is 12.6. The molecule has 1 aliphatic carbocycles. The summed E-state index contributed by atoms with van der Waals surface area (Å²) in [6.45, 7) is 35.7. The SMILES string of the molecule is C=C(C)CC.CC.CC.CCC.Cc1cc(C(C)C)c(NCCNSSC(C)C(C)C)c(C2CC2)c1. The monoisotopic (exact) mass is 540 g/mol. The molecule has 4 heteroatoms. The van der Waals surface area contributed by atoms with Crippen molar-refractivity contribution in [3.63, 3.8) is 0 Å². The summed E-state index contributed by atoms with van der Waals surface area (Å²) in [5.74, 6) is 2.08. The first kappa shape index (κ1) is 39.9. The van der Waals surface area contributed by atoms with Gasteiger partial charge in [0.1, 0.15) is 0 Å². The van der Waals surface area contributed by atoms with E-state index < -0.39 is 0 Å². The van der Waals surface area contributed by atoms with Crippen molar-refractivity contribution in [2.24, 2.45) is 5.92 Å². The highest BCUT2D eigenvalue weighted by molar-refractivity contribution is 8.76. The molecular weight excluding hydrogens is 477 g/mol. The van der Waals surface area contributed by atoms with Crippen molar-refractivity contribution >= 4 is 27.5 Å². The van der Waals surface area contributed by atoms with Gasteiger partial charge in [0.2, 0.25) is 0 Å². The number of anilines is 1. The van der Waals surface area contributed by atoms with Gasteiger partial charge in [0, 0.05) is 24.0 Å². The van der Waals surface area contributed by atoms with Crippen LogP contribution in [0.1, 0.15) is 144 Å². The zero-order valence-corrected chi connectivity index (χ0v) is 28.4. The van der Waals surface area contributed by atoms with Crippen molar-refractivity contribution < 1.29 is 0 Å². The minimum Gasteiger partial charge on any atom is -0.383 e. The predicted molar refractivity (Wildman–Crippen MR) is 177 cm³/mol. The standard InChI is InChI=1S/C20H34N2S2.C5H10.C3H8.2C2H6/c1-13(2)16(6)23-24-22-10-9-21-20-18(14(3)4)11-15(5)12-19(20)17-7-8-17;1-4-5(2)3;1-3-2;2*1-2/h11-14,16-17,21-22H,7-10H2,1-6H3;2,4H2,1,3H3;3H2,1-2H3;2*1-2H3. The minimum atomic E-state index is 0.565. The summed E-state index contributed by atoms with van der Waals surface area (Å²) in [5, 5.41) is 4.42. The highest BCUT2D eigenvalue weighted by atomic mass is 33.1. The topological polar surface area (TPSA) is 24.1 Å². The Morgan fingerprint density at radius 1 is 0.972 bits per heavy atom. The molecule has 0 aliphatic heterocycles. The van der Waals surface area contributed by atoms with E-state index in [1.807, 2.05) is 45.4 Å². The number of allylic oxidation sites excluding steroid dienone is 1. The molecule has 214 valence electrons. The molecule has 2 rings (SSSR count). The van der Waals surface area contributed by atoms with Gasteiger partial charge in [-0.25, -0.2) is 0 Å². The largest absolute Gasteiger partial charge is 0.383 e. The van der Waals surface area contributed by atoms with Crippen molar-refractivity contribution in [1.82, 2.24) is 4.72 Å². The smallest absolute Gasteiger partial charge is 0.0411 e. The van der Waals surface area contributed by atoms with E-state index in [0.29, 0.717) is 11.2 Å². The Balaban J connectivity index is -0.000000769. The third kappa shape index (κ3) is 20.5. The van der Waals surface area contributed by atoms with Crippen molar-refractivity contribution in [3.05, 3.63) is 41.0 Å². The molecule has 0 aromatic heterocycles. The third-order valence-corrected chi connectivity index (χ3v) is 8.13. The van der Waals surface area contributed by atoms with Crippen LogP contribution < -0.4 is 10.0 Å². The van der Waals surface area contributed by atoms with Gasteiger partial charge in [-0.1, -0.05) is 124 Å². The number of rotatable bonds is 11. The fourth-order valence-electron chi connectivity index (χ4n) is 2.72. The minimum absolute atomic E-state index is 0.565. The quantitative estimate of drug-likeness (QED) is 0.126. The Morgan fingerprint density at radius 3 is 1.86 bits per heavy atom. The molecule has 2 N–H and O–H groups in total. The van der Waals surface area contributed by atoms with Crippen molar-refractivity contribution in [2.45, 2.75) is 140 Å². The molecule has 0 saturated heterocycles. The number of benzene rings is 1. The lowest BCUT2D eigenvalue weighted by Crippen LogP contribution is -2.18. The Kier molecular flexibility index (Phi) is 28.9. The summed E-state index contributed by atoms with van der Waals surface area (Å²) in [7, 11) is 3.72. The molecule has 1 fully saturated rings. The highest BCUT2D eigenvalue weighted by Gasteiger charge is 2.28. The molecule has 0 bridgehead atoms. The predicted octanol–water partition coefficient (Wildman–Crippen LogP) is 11.8. The van der Waals surface area contributed by atoms with Crippen molar-refractivity contribution in [3.8, 4) is 0 Å². The van der Waals surface area contributed by atoms with Crippen LogP contribution in [0.15, 0.2) is 24.3 Å². The van der Waals surface area contributed by atoms with Crippen LogP contribution in [-0.4, -0.2) is 18.3 Å². The first-order valence-electron chi connectivity index (χ1n) is 14.7. The van der Waals surface area contributed by atoms with Crippen LogP contribution in [-0.2, 0) is 0 Å². The second-order valence-corrected chi connectivity index (χ2v) is 12.2. The van der Waals surface area contributed by atoms with E-state index in [-0.39, 0.29) is 0 Å². The van der Waals surface area contributed by atoms with Crippen LogP contribution in [0.4, 0.5) is 5.69 Å². The van der Waals surface area contributed by atoms with Gasteiger partial charge in [-0.2, -0.15) is 0 Å². The van der Waals surface area contributed by atoms with Gasteiger partial charge in [-0.15, -0.1) is 6.58 Å². The summed E-state index contributed by atoms with van der Waals surface area (Å²) in [4.78, 5) is 0. The molecular formula is C32H64N2S2. The van der Waals surface area contributed by atoms with Gasteiger partial charge in [0.25, 0.3) is 0 Å². The van der Waals surface area contributed by atoms with Gasteiger partial charge in [-0.05, 0) is 73.0 Å². The van der Waals surface area contributed by atoms with Gasteiger partial charge >= 0.3 is 0 Å². The van der Waals surface area contributed by atoms with E-state index in [2.05, 4.69) is 91.1 Å². The fourth-order valence-corrected chi connectivity index (χ4v) is 4.92. The summed E-state index contributed by atoms with van der Waals surface area (Å²) in [6, 6.07) is 4.76. The molecule has 1 aliphatic rings. The number of hydrogen-bond acceptors (Lipinski definition) is 4. The maximum atomic E-state index is 3.74. The van der Waals surface area contributed by atoms with E-state index in [1.165, 1.54) is 41.6 Å².